The Balaban J connectivity index is 2.15. The van der Waals surface area contributed by atoms with E-state index in [0.717, 1.165) is 12.0 Å². The number of hydrogen-bond donors (Lipinski definition) is 1. The van der Waals surface area contributed by atoms with Crippen molar-refractivity contribution in [3.63, 3.8) is 0 Å². The molecule has 0 fully saturated rings. The minimum atomic E-state index is -0.312. The van der Waals surface area contributed by atoms with Crippen molar-refractivity contribution in [2.24, 2.45) is 0 Å². The third-order valence-electron chi connectivity index (χ3n) is 3.85. The zero-order chi connectivity index (χ0) is 16.4. The molecule has 3 rings (SSSR count). The van der Waals surface area contributed by atoms with Crippen LogP contribution in [0.5, 0.6) is 0 Å². The number of imidazole rings is 1. The Morgan fingerprint density at radius 3 is 2.70 bits per heavy atom. The van der Waals surface area contributed by atoms with Gasteiger partial charge in [0.25, 0.3) is 5.91 Å². The highest BCUT2D eigenvalue weighted by atomic mass is 19.1. The summed E-state index contributed by atoms with van der Waals surface area (Å²) in [6.07, 6.45) is 2.69. The van der Waals surface area contributed by atoms with Crippen molar-refractivity contribution in [3.05, 3.63) is 60.2 Å². The quantitative estimate of drug-likeness (QED) is 0.799. The van der Waals surface area contributed by atoms with Crippen LogP contribution in [0.3, 0.4) is 0 Å². The van der Waals surface area contributed by atoms with Crippen LogP contribution in [0.1, 0.15) is 30.8 Å². The molecule has 3 aromatic rings. The maximum atomic E-state index is 13.2. The van der Waals surface area contributed by atoms with Crippen molar-refractivity contribution in [1.82, 2.24) is 14.7 Å². The molecule has 1 atom stereocenters. The Labute approximate surface area is 134 Å². The van der Waals surface area contributed by atoms with Gasteiger partial charge in [-0.05, 0) is 49.7 Å². The van der Waals surface area contributed by atoms with Crippen LogP contribution in [-0.2, 0) is 0 Å². The van der Waals surface area contributed by atoms with Crippen LogP contribution in [0.15, 0.2) is 48.7 Å². The molecule has 0 aliphatic rings. The standard InChI is InChI=1S/C18H18FN3O/c1-3-12(2)20-18(23)16-17(13-7-9-14(19)10-8-13)22-11-5-4-6-15(22)21-16/h4-12H,3H2,1-2H3,(H,20,23)/t12-/m1/s1. The van der Waals surface area contributed by atoms with Gasteiger partial charge < -0.3 is 5.32 Å². The Bertz CT molecular complexity index is 839. The van der Waals surface area contributed by atoms with Gasteiger partial charge in [0.1, 0.15) is 11.5 Å². The van der Waals surface area contributed by atoms with Crippen molar-refractivity contribution >= 4 is 11.6 Å². The number of nitrogens with zero attached hydrogens (tertiary/aromatic N) is 2. The second-order valence-corrected chi connectivity index (χ2v) is 5.53. The Morgan fingerprint density at radius 2 is 2.00 bits per heavy atom. The SMILES string of the molecule is CC[C@@H](C)NC(=O)c1nc2ccccn2c1-c1ccc(F)cc1. The molecule has 0 saturated heterocycles. The van der Waals surface area contributed by atoms with Crippen molar-refractivity contribution in [2.75, 3.05) is 0 Å². The van der Waals surface area contributed by atoms with Gasteiger partial charge in [-0.2, -0.15) is 0 Å². The summed E-state index contributed by atoms with van der Waals surface area (Å²) >= 11 is 0. The summed E-state index contributed by atoms with van der Waals surface area (Å²) in [6.45, 7) is 3.96. The van der Waals surface area contributed by atoms with Gasteiger partial charge in [0, 0.05) is 17.8 Å². The van der Waals surface area contributed by atoms with Crippen LogP contribution in [0.4, 0.5) is 4.39 Å². The third-order valence-corrected chi connectivity index (χ3v) is 3.85. The molecule has 0 bridgehead atoms. The lowest BCUT2D eigenvalue weighted by molar-refractivity contribution is 0.0935. The third kappa shape index (κ3) is 2.95. The lowest BCUT2D eigenvalue weighted by Gasteiger charge is -2.11. The number of carbonyl (C=O) groups is 1. The topological polar surface area (TPSA) is 46.4 Å². The number of carbonyl (C=O) groups excluding carboxylic acids is 1. The van der Waals surface area contributed by atoms with E-state index >= 15 is 0 Å². The van der Waals surface area contributed by atoms with Crippen LogP contribution in [0, 0.1) is 5.82 Å². The molecule has 0 saturated carbocycles. The molecule has 0 aliphatic carbocycles. The first-order chi connectivity index (χ1) is 11.1. The number of halogens is 1. The predicted molar refractivity (Wildman–Crippen MR) is 87.8 cm³/mol. The summed E-state index contributed by atoms with van der Waals surface area (Å²) < 4.78 is 15.1. The minimum Gasteiger partial charge on any atom is -0.348 e. The largest absolute Gasteiger partial charge is 0.348 e. The van der Waals surface area contributed by atoms with Crippen LogP contribution >= 0.6 is 0 Å². The normalized spacial score (nSPS) is 12.3. The summed E-state index contributed by atoms with van der Waals surface area (Å²) in [5.74, 6) is -0.532. The Kier molecular flexibility index (Phi) is 4.10. The molecule has 2 heterocycles. The first-order valence-corrected chi connectivity index (χ1v) is 7.64. The highest BCUT2D eigenvalue weighted by Crippen LogP contribution is 2.25. The molecule has 0 unspecified atom stereocenters. The van der Waals surface area contributed by atoms with Crippen molar-refractivity contribution in [3.8, 4) is 11.3 Å². The average Bonchev–Trinajstić information content (AvgIpc) is 2.95. The minimum absolute atomic E-state index is 0.0633. The maximum Gasteiger partial charge on any atom is 0.272 e. The van der Waals surface area contributed by atoms with E-state index in [0.29, 0.717) is 17.0 Å². The lowest BCUT2D eigenvalue weighted by Crippen LogP contribution is -2.32. The van der Waals surface area contributed by atoms with E-state index in [9.17, 15) is 9.18 Å². The first kappa shape index (κ1) is 15.2. The number of pyridine rings is 1. The van der Waals surface area contributed by atoms with Crippen LogP contribution in [0.25, 0.3) is 16.9 Å². The first-order valence-electron chi connectivity index (χ1n) is 7.64. The van der Waals surface area contributed by atoms with Crippen molar-refractivity contribution in [1.29, 1.82) is 0 Å². The zero-order valence-electron chi connectivity index (χ0n) is 13.1. The van der Waals surface area contributed by atoms with E-state index in [4.69, 9.17) is 0 Å². The molecule has 0 spiro atoms. The number of amides is 1. The van der Waals surface area contributed by atoms with E-state index in [1.165, 1.54) is 12.1 Å². The summed E-state index contributed by atoms with van der Waals surface area (Å²) in [6, 6.07) is 11.7. The van der Waals surface area contributed by atoms with Gasteiger partial charge >= 0.3 is 0 Å². The van der Waals surface area contributed by atoms with Crippen molar-refractivity contribution in [2.45, 2.75) is 26.3 Å². The number of fused-ring (bicyclic) bond motifs is 1. The maximum absolute atomic E-state index is 13.2. The van der Waals surface area contributed by atoms with Crippen molar-refractivity contribution < 1.29 is 9.18 Å². The molecular formula is C18H18FN3O. The van der Waals surface area contributed by atoms with Gasteiger partial charge in [0.05, 0.1) is 5.69 Å². The van der Waals surface area contributed by atoms with Gasteiger partial charge in [0.2, 0.25) is 0 Å². The number of rotatable bonds is 4. The average molecular weight is 311 g/mol. The molecule has 0 radical (unpaired) electrons. The second-order valence-electron chi connectivity index (χ2n) is 5.53. The Hall–Kier alpha value is -2.69. The summed E-state index contributed by atoms with van der Waals surface area (Å²) in [4.78, 5) is 17.0. The van der Waals surface area contributed by atoms with E-state index in [1.807, 2.05) is 42.6 Å². The molecule has 5 heteroatoms. The summed E-state index contributed by atoms with van der Waals surface area (Å²) in [7, 11) is 0. The predicted octanol–water partition coefficient (Wildman–Crippen LogP) is 3.67. The van der Waals surface area contributed by atoms with E-state index in [-0.39, 0.29) is 17.8 Å². The van der Waals surface area contributed by atoms with Gasteiger partial charge in [-0.1, -0.05) is 13.0 Å². The molecule has 23 heavy (non-hydrogen) atoms. The molecule has 118 valence electrons. The summed E-state index contributed by atoms with van der Waals surface area (Å²) in [5, 5.41) is 2.94. The van der Waals surface area contributed by atoms with Gasteiger partial charge in [-0.3, -0.25) is 9.20 Å². The number of benzene rings is 1. The highest BCUT2D eigenvalue weighted by molar-refractivity contribution is 5.99. The molecular weight excluding hydrogens is 293 g/mol. The molecule has 2 aromatic heterocycles. The van der Waals surface area contributed by atoms with Crippen LogP contribution < -0.4 is 5.32 Å². The monoisotopic (exact) mass is 311 g/mol. The Morgan fingerprint density at radius 1 is 1.26 bits per heavy atom. The number of aromatic nitrogens is 2. The van der Waals surface area contributed by atoms with E-state index in [2.05, 4.69) is 10.3 Å². The summed E-state index contributed by atoms with van der Waals surface area (Å²) in [5.41, 5.74) is 2.45. The van der Waals surface area contributed by atoms with Crippen LogP contribution in [-0.4, -0.2) is 21.3 Å². The van der Waals surface area contributed by atoms with Gasteiger partial charge in [-0.25, -0.2) is 9.37 Å². The van der Waals surface area contributed by atoms with E-state index in [1.54, 1.807) is 12.1 Å². The zero-order valence-corrected chi connectivity index (χ0v) is 13.1. The number of nitrogens with one attached hydrogen (secondary N) is 1. The molecule has 4 nitrogen and oxygen atoms in total. The van der Waals surface area contributed by atoms with Gasteiger partial charge in [0.15, 0.2) is 5.69 Å². The fraction of sp³-hybridized carbons (Fsp3) is 0.222. The highest BCUT2D eigenvalue weighted by Gasteiger charge is 2.21. The molecule has 1 aromatic carbocycles. The smallest absolute Gasteiger partial charge is 0.272 e. The number of hydrogen-bond acceptors (Lipinski definition) is 2. The fourth-order valence-electron chi connectivity index (χ4n) is 2.43. The lowest BCUT2D eigenvalue weighted by atomic mass is 10.1. The fourth-order valence-corrected chi connectivity index (χ4v) is 2.43. The van der Waals surface area contributed by atoms with E-state index < -0.39 is 0 Å². The molecule has 1 N–H and O–H groups in total. The van der Waals surface area contributed by atoms with Crippen LogP contribution in [0.2, 0.25) is 0 Å². The second kappa shape index (κ2) is 6.20. The molecule has 1 amide bonds. The molecule has 0 aliphatic heterocycles. The van der Waals surface area contributed by atoms with Gasteiger partial charge in [-0.15, -0.1) is 0 Å².